The highest BCUT2D eigenvalue weighted by molar-refractivity contribution is 5.68. The molecule has 1 saturated heterocycles. The number of hydrogen-bond donors (Lipinski definition) is 2. The number of aliphatic hydroxyl groups is 1. The van der Waals surface area contributed by atoms with Gasteiger partial charge in [0.1, 0.15) is 5.60 Å². The first-order chi connectivity index (χ1) is 6.87. The summed E-state index contributed by atoms with van der Waals surface area (Å²) in [6.45, 7) is 6.14. The first-order valence-electron chi connectivity index (χ1n) is 5.07. The van der Waals surface area contributed by atoms with Gasteiger partial charge < -0.3 is 19.9 Å². The number of amides is 1. The Morgan fingerprint density at radius 2 is 2.27 bits per heavy atom. The zero-order valence-electron chi connectivity index (χ0n) is 9.50. The minimum Gasteiger partial charge on any atom is -0.444 e. The molecule has 1 aliphatic heterocycles. The quantitative estimate of drug-likeness (QED) is 0.713. The molecule has 0 spiro atoms. The van der Waals surface area contributed by atoms with Gasteiger partial charge >= 0.3 is 6.09 Å². The van der Waals surface area contributed by atoms with Crippen LogP contribution in [0.3, 0.4) is 0 Å². The Balaban J connectivity index is 2.49. The highest BCUT2D eigenvalue weighted by atomic mass is 16.6. The smallest absolute Gasteiger partial charge is 0.408 e. The molecule has 0 aliphatic carbocycles. The fourth-order valence-electron chi connectivity index (χ4n) is 1.39. The Labute approximate surface area is 89.8 Å². The van der Waals surface area contributed by atoms with Crippen LogP contribution in [0.2, 0.25) is 0 Å². The number of alkyl carbamates (subject to hydrolysis) is 1. The van der Waals surface area contributed by atoms with E-state index >= 15 is 0 Å². The van der Waals surface area contributed by atoms with Gasteiger partial charge in [0.2, 0.25) is 0 Å². The topological polar surface area (TPSA) is 67.8 Å². The van der Waals surface area contributed by atoms with Crippen LogP contribution in [-0.4, -0.2) is 42.2 Å². The lowest BCUT2D eigenvalue weighted by atomic mass is 10.0. The first kappa shape index (κ1) is 12.3. The van der Waals surface area contributed by atoms with E-state index in [1.807, 2.05) is 0 Å². The number of ether oxygens (including phenoxy) is 2. The van der Waals surface area contributed by atoms with Crippen molar-refractivity contribution in [1.29, 1.82) is 0 Å². The van der Waals surface area contributed by atoms with Crippen molar-refractivity contribution in [3.8, 4) is 0 Å². The standard InChI is InChI=1S/C10H19NO4/c1-9(2,3)15-8(13)11-10(6-12)4-5-14-7-10/h12H,4-7H2,1-3H3,(H,11,13)/t10-/m0/s1. The maximum Gasteiger partial charge on any atom is 0.408 e. The minimum atomic E-state index is -0.664. The summed E-state index contributed by atoms with van der Waals surface area (Å²) in [6, 6.07) is 0. The Kier molecular flexibility index (Phi) is 3.57. The van der Waals surface area contributed by atoms with Crippen LogP contribution in [-0.2, 0) is 9.47 Å². The minimum absolute atomic E-state index is 0.133. The summed E-state index contributed by atoms with van der Waals surface area (Å²) >= 11 is 0. The summed E-state index contributed by atoms with van der Waals surface area (Å²) in [7, 11) is 0. The van der Waals surface area contributed by atoms with Crippen LogP contribution in [0.1, 0.15) is 27.2 Å². The van der Waals surface area contributed by atoms with Gasteiger partial charge in [0.25, 0.3) is 0 Å². The van der Waals surface area contributed by atoms with Crippen LogP contribution in [0.4, 0.5) is 4.79 Å². The van der Waals surface area contributed by atoms with Crippen LogP contribution >= 0.6 is 0 Å². The van der Waals surface area contributed by atoms with E-state index in [4.69, 9.17) is 9.47 Å². The molecule has 1 rings (SSSR count). The number of carbonyl (C=O) groups excluding carboxylic acids is 1. The molecule has 2 N–H and O–H groups in total. The van der Waals surface area contributed by atoms with Gasteiger partial charge in [-0.3, -0.25) is 0 Å². The highest BCUT2D eigenvalue weighted by Crippen LogP contribution is 2.18. The summed E-state index contributed by atoms with van der Waals surface area (Å²) < 4.78 is 10.3. The molecule has 5 heteroatoms. The van der Waals surface area contributed by atoms with Crippen molar-refractivity contribution in [2.45, 2.75) is 38.3 Å². The Morgan fingerprint density at radius 1 is 1.60 bits per heavy atom. The molecule has 1 amide bonds. The van der Waals surface area contributed by atoms with Gasteiger partial charge in [0.05, 0.1) is 18.8 Å². The van der Waals surface area contributed by atoms with E-state index in [0.29, 0.717) is 19.6 Å². The average molecular weight is 217 g/mol. The summed E-state index contributed by atoms with van der Waals surface area (Å²) in [5.41, 5.74) is -1.19. The summed E-state index contributed by atoms with van der Waals surface area (Å²) in [5, 5.41) is 11.9. The van der Waals surface area contributed by atoms with Crippen molar-refractivity contribution in [3.05, 3.63) is 0 Å². The lowest BCUT2D eigenvalue weighted by Crippen LogP contribution is -2.53. The zero-order valence-corrected chi connectivity index (χ0v) is 9.50. The molecular weight excluding hydrogens is 198 g/mol. The lowest BCUT2D eigenvalue weighted by Gasteiger charge is -2.28. The zero-order chi connectivity index (χ0) is 11.5. The monoisotopic (exact) mass is 217 g/mol. The van der Waals surface area contributed by atoms with Gasteiger partial charge in [-0.15, -0.1) is 0 Å². The first-order valence-corrected chi connectivity index (χ1v) is 5.07. The van der Waals surface area contributed by atoms with Crippen LogP contribution in [0, 0.1) is 0 Å². The van der Waals surface area contributed by atoms with Crippen molar-refractivity contribution >= 4 is 6.09 Å². The summed E-state index contributed by atoms with van der Waals surface area (Å²) in [6.07, 6.45) is 0.102. The molecule has 0 aromatic heterocycles. The average Bonchev–Trinajstić information content (AvgIpc) is 2.50. The number of aliphatic hydroxyl groups excluding tert-OH is 1. The maximum absolute atomic E-state index is 11.5. The van der Waals surface area contributed by atoms with Gasteiger partial charge in [0, 0.05) is 6.61 Å². The second kappa shape index (κ2) is 4.37. The summed E-state index contributed by atoms with van der Waals surface area (Å²) in [4.78, 5) is 11.5. The third-order valence-electron chi connectivity index (χ3n) is 2.17. The predicted octanol–water partition coefficient (Wildman–Crippen LogP) is 0.663. The van der Waals surface area contributed by atoms with Crippen molar-refractivity contribution < 1.29 is 19.4 Å². The van der Waals surface area contributed by atoms with Crippen molar-refractivity contribution in [2.75, 3.05) is 19.8 Å². The van der Waals surface area contributed by atoms with E-state index in [1.54, 1.807) is 20.8 Å². The van der Waals surface area contributed by atoms with Crippen molar-refractivity contribution in [1.82, 2.24) is 5.32 Å². The van der Waals surface area contributed by atoms with Crippen LogP contribution in [0.5, 0.6) is 0 Å². The molecule has 88 valence electrons. The van der Waals surface area contributed by atoms with Gasteiger partial charge in [-0.25, -0.2) is 4.79 Å². The number of nitrogens with one attached hydrogen (secondary N) is 1. The third-order valence-corrected chi connectivity index (χ3v) is 2.17. The molecule has 1 heterocycles. The van der Waals surface area contributed by atoms with E-state index in [9.17, 15) is 9.90 Å². The van der Waals surface area contributed by atoms with E-state index in [0.717, 1.165) is 0 Å². The Bertz CT molecular complexity index is 228. The second-order valence-electron chi connectivity index (χ2n) is 4.87. The molecule has 0 unspecified atom stereocenters. The van der Waals surface area contributed by atoms with Crippen molar-refractivity contribution in [2.24, 2.45) is 0 Å². The SMILES string of the molecule is CC(C)(C)OC(=O)N[C@]1(CO)CCOC1. The van der Waals surface area contributed by atoms with Crippen LogP contribution in [0.25, 0.3) is 0 Å². The molecule has 15 heavy (non-hydrogen) atoms. The maximum atomic E-state index is 11.5. The highest BCUT2D eigenvalue weighted by Gasteiger charge is 2.37. The van der Waals surface area contributed by atoms with Gasteiger partial charge in [-0.05, 0) is 27.2 Å². The summed E-state index contributed by atoms with van der Waals surface area (Å²) in [5.74, 6) is 0. The largest absolute Gasteiger partial charge is 0.444 e. The van der Waals surface area contributed by atoms with Gasteiger partial charge in [-0.1, -0.05) is 0 Å². The lowest BCUT2D eigenvalue weighted by molar-refractivity contribution is 0.0376. The molecule has 0 aromatic carbocycles. The molecule has 0 radical (unpaired) electrons. The molecule has 0 aromatic rings. The molecule has 0 bridgehead atoms. The van der Waals surface area contributed by atoms with Gasteiger partial charge in [-0.2, -0.15) is 0 Å². The molecular formula is C10H19NO4. The molecule has 1 fully saturated rings. The van der Waals surface area contributed by atoms with E-state index < -0.39 is 17.2 Å². The Morgan fingerprint density at radius 3 is 2.67 bits per heavy atom. The van der Waals surface area contributed by atoms with E-state index in [-0.39, 0.29) is 6.61 Å². The number of carbonyl (C=O) groups is 1. The van der Waals surface area contributed by atoms with Gasteiger partial charge in [0.15, 0.2) is 0 Å². The van der Waals surface area contributed by atoms with E-state index in [2.05, 4.69) is 5.32 Å². The molecule has 1 atom stereocenters. The fourth-order valence-corrected chi connectivity index (χ4v) is 1.39. The molecule has 5 nitrogen and oxygen atoms in total. The number of hydrogen-bond acceptors (Lipinski definition) is 4. The normalized spacial score (nSPS) is 26.4. The second-order valence-corrected chi connectivity index (χ2v) is 4.87. The third kappa shape index (κ3) is 3.68. The van der Waals surface area contributed by atoms with Crippen molar-refractivity contribution in [3.63, 3.8) is 0 Å². The van der Waals surface area contributed by atoms with Crippen LogP contribution < -0.4 is 5.32 Å². The fraction of sp³-hybridized carbons (Fsp3) is 0.900. The van der Waals surface area contributed by atoms with Crippen LogP contribution in [0.15, 0.2) is 0 Å². The number of rotatable bonds is 2. The Hall–Kier alpha value is -0.810. The molecule has 0 saturated carbocycles. The molecule has 1 aliphatic rings. The van der Waals surface area contributed by atoms with E-state index in [1.165, 1.54) is 0 Å². The predicted molar refractivity (Wildman–Crippen MR) is 54.6 cm³/mol.